The van der Waals surface area contributed by atoms with Crippen LogP contribution < -0.4 is 10.1 Å². The van der Waals surface area contributed by atoms with Gasteiger partial charge in [0.15, 0.2) is 11.3 Å². The van der Waals surface area contributed by atoms with Gasteiger partial charge in [-0.3, -0.25) is 0 Å². The molecule has 0 saturated carbocycles. The summed E-state index contributed by atoms with van der Waals surface area (Å²) < 4.78 is 16.5. The van der Waals surface area contributed by atoms with E-state index in [9.17, 15) is 0 Å². The molecule has 4 nitrogen and oxygen atoms in total. The van der Waals surface area contributed by atoms with Gasteiger partial charge in [-0.1, -0.05) is 19.1 Å². The molecule has 0 bridgehead atoms. The van der Waals surface area contributed by atoms with Crippen molar-refractivity contribution < 1.29 is 13.9 Å². The van der Waals surface area contributed by atoms with Crippen molar-refractivity contribution >= 4 is 11.0 Å². The number of methoxy groups -OCH3 is 1. The highest BCUT2D eigenvalue weighted by Gasteiger charge is 2.07. The van der Waals surface area contributed by atoms with E-state index in [4.69, 9.17) is 13.9 Å². The zero-order chi connectivity index (χ0) is 14.2. The maximum absolute atomic E-state index is 5.82. The molecule has 0 aliphatic rings. The maximum Gasteiger partial charge on any atom is 0.176 e. The molecule has 2 rings (SSSR count). The molecule has 0 aliphatic heterocycles. The summed E-state index contributed by atoms with van der Waals surface area (Å²) in [6.07, 6.45) is 2.10. The molecular weight excluding hydrogens is 254 g/mol. The summed E-state index contributed by atoms with van der Waals surface area (Å²) in [6.45, 7) is 5.44. The van der Waals surface area contributed by atoms with Crippen LogP contribution in [0.25, 0.3) is 11.0 Å². The Kier molecular flexibility index (Phi) is 5.89. The molecule has 4 heteroatoms. The van der Waals surface area contributed by atoms with Gasteiger partial charge in [-0.15, -0.1) is 0 Å². The monoisotopic (exact) mass is 277 g/mol. The third kappa shape index (κ3) is 3.99. The van der Waals surface area contributed by atoms with Gasteiger partial charge < -0.3 is 19.2 Å². The van der Waals surface area contributed by atoms with Crippen molar-refractivity contribution in [1.29, 1.82) is 0 Å². The van der Waals surface area contributed by atoms with Crippen LogP contribution in [0, 0.1) is 0 Å². The molecule has 20 heavy (non-hydrogen) atoms. The van der Waals surface area contributed by atoms with E-state index in [0.717, 1.165) is 61.6 Å². The van der Waals surface area contributed by atoms with Crippen LogP contribution in [-0.2, 0) is 11.3 Å². The topological polar surface area (TPSA) is 43.6 Å². The smallest absolute Gasteiger partial charge is 0.176 e. The third-order valence-corrected chi connectivity index (χ3v) is 3.07. The van der Waals surface area contributed by atoms with E-state index in [1.807, 2.05) is 18.2 Å². The van der Waals surface area contributed by atoms with Gasteiger partial charge in [0.2, 0.25) is 0 Å². The molecule has 1 aromatic heterocycles. The van der Waals surface area contributed by atoms with E-state index >= 15 is 0 Å². The second-order valence-corrected chi connectivity index (χ2v) is 4.73. The molecule has 1 aromatic carbocycles. The second kappa shape index (κ2) is 7.92. The minimum atomic E-state index is 0.728. The lowest BCUT2D eigenvalue weighted by atomic mass is 10.2. The Morgan fingerprint density at radius 2 is 2.15 bits per heavy atom. The highest BCUT2D eigenvalue weighted by molar-refractivity contribution is 5.83. The summed E-state index contributed by atoms with van der Waals surface area (Å²) in [7, 11) is 1.66. The fourth-order valence-electron chi connectivity index (χ4n) is 2.09. The lowest BCUT2D eigenvalue weighted by molar-refractivity contribution is 0.132. The summed E-state index contributed by atoms with van der Waals surface area (Å²) in [5.41, 5.74) is 0.818. The van der Waals surface area contributed by atoms with Crippen molar-refractivity contribution in [3.63, 3.8) is 0 Å². The summed E-state index contributed by atoms with van der Waals surface area (Å²) in [6, 6.07) is 7.97. The Hall–Kier alpha value is -1.52. The maximum atomic E-state index is 5.82. The van der Waals surface area contributed by atoms with Gasteiger partial charge in [-0.2, -0.15) is 0 Å². The van der Waals surface area contributed by atoms with Crippen LogP contribution in [-0.4, -0.2) is 26.9 Å². The zero-order valence-corrected chi connectivity index (χ0v) is 12.3. The molecule has 0 saturated heterocycles. The number of benzene rings is 1. The Balaban J connectivity index is 1.79. The third-order valence-electron chi connectivity index (χ3n) is 3.07. The predicted octanol–water partition coefficient (Wildman–Crippen LogP) is 3.35. The van der Waals surface area contributed by atoms with Gasteiger partial charge in [0.1, 0.15) is 5.76 Å². The molecule has 0 spiro atoms. The highest BCUT2D eigenvalue weighted by Crippen LogP contribution is 2.28. The number of furan rings is 1. The van der Waals surface area contributed by atoms with Crippen molar-refractivity contribution in [2.45, 2.75) is 26.3 Å². The van der Waals surface area contributed by atoms with Crippen molar-refractivity contribution in [2.75, 3.05) is 26.9 Å². The number of hydrogen-bond acceptors (Lipinski definition) is 4. The first-order valence-corrected chi connectivity index (χ1v) is 7.19. The average Bonchev–Trinajstić information content (AvgIpc) is 2.89. The molecule has 0 unspecified atom stereocenters. The van der Waals surface area contributed by atoms with Crippen molar-refractivity contribution in [3.8, 4) is 5.75 Å². The Morgan fingerprint density at radius 3 is 2.95 bits per heavy atom. The van der Waals surface area contributed by atoms with Crippen molar-refractivity contribution in [2.24, 2.45) is 0 Å². The predicted molar refractivity (Wildman–Crippen MR) is 80.2 cm³/mol. The molecule has 0 fully saturated rings. The summed E-state index contributed by atoms with van der Waals surface area (Å²) in [5, 5.41) is 4.44. The largest absolute Gasteiger partial charge is 0.493 e. The van der Waals surface area contributed by atoms with Crippen LogP contribution >= 0.6 is 0 Å². The Bertz CT molecular complexity index is 521. The van der Waals surface area contributed by atoms with E-state index in [1.165, 1.54) is 0 Å². The standard InChI is InChI=1S/C16H23NO3/c1-3-9-19-10-5-8-17-12-14-11-13-6-4-7-15(18-2)16(13)20-14/h4,6-7,11,17H,3,5,8-10,12H2,1-2H3. The molecular formula is C16H23NO3. The van der Waals surface area contributed by atoms with Gasteiger partial charge in [0.25, 0.3) is 0 Å². The lowest BCUT2D eigenvalue weighted by Gasteiger charge is -2.03. The fourth-order valence-corrected chi connectivity index (χ4v) is 2.09. The highest BCUT2D eigenvalue weighted by atomic mass is 16.5. The number of ether oxygens (including phenoxy) is 2. The van der Waals surface area contributed by atoms with Crippen LogP contribution in [0.1, 0.15) is 25.5 Å². The van der Waals surface area contributed by atoms with E-state index < -0.39 is 0 Å². The molecule has 1 heterocycles. The molecule has 110 valence electrons. The van der Waals surface area contributed by atoms with Gasteiger partial charge in [-0.05, 0) is 31.5 Å². The number of fused-ring (bicyclic) bond motifs is 1. The van der Waals surface area contributed by atoms with Crippen LogP contribution in [0.5, 0.6) is 5.75 Å². The first-order valence-electron chi connectivity index (χ1n) is 7.19. The summed E-state index contributed by atoms with van der Waals surface area (Å²) >= 11 is 0. The Labute approximate surface area is 120 Å². The van der Waals surface area contributed by atoms with Gasteiger partial charge >= 0.3 is 0 Å². The first kappa shape index (κ1) is 14.9. The van der Waals surface area contributed by atoms with Crippen LogP contribution in [0.4, 0.5) is 0 Å². The minimum Gasteiger partial charge on any atom is -0.493 e. The average molecular weight is 277 g/mol. The van der Waals surface area contributed by atoms with E-state index in [1.54, 1.807) is 7.11 Å². The molecule has 1 N–H and O–H groups in total. The van der Waals surface area contributed by atoms with E-state index in [0.29, 0.717) is 0 Å². The quantitative estimate of drug-likeness (QED) is 0.714. The lowest BCUT2D eigenvalue weighted by Crippen LogP contribution is -2.16. The van der Waals surface area contributed by atoms with Crippen molar-refractivity contribution in [1.82, 2.24) is 5.32 Å². The summed E-state index contributed by atoms with van der Waals surface area (Å²) in [5.74, 6) is 1.71. The first-order chi connectivity index (χ1) is 9.85. The second-order valence-electron chi connectivity index (χ2n) is 4.73. The zero-order valence-electron chi connectivity index (χ0n) is 12.3. The molecule has 0 radical (unpaired) electrons. The minimum absolute atomic E-state index is 0.728. The normalized spacial score (nSPS) is 11.1. The molecule has 0 amide bonds. The van der Waals surface area contributed by atoms with Crippen LogP contribution in [0.15, 0.2) is 28.7 Å². The van der Waals surface area contributed by atoms with Crippen molar-refractivity contribution in [3.05, 3.63) is 30.0 Å². The number of nitrogens with one attached hydrogen (secondary N) is 1. The molecule has 2 aromatic rings. The Morgan fingerprint density at radius 1 is 1.25 bits per heavy atom. The summed E-state index contributed by atoms with van der Waals surface area (Å²) in [4.78, 5) is 0. The number of hydrogen-bond donors (Lipinski definition) is 1. The molecule has 0 aliphatic carbocycles. The van der Waals surface area contributed by atoms with Gasteiger partial charge in [0.05, 0.1) is 13.7 Å². The fraction of sp³-hybridized carbons (Fsp3) is 0.500. The van der Waals surface area contributed by atoms with E-state index in [-0.39, 0.29) is 0 Å². The number of rotatable bonds is 9. The van der Waals surface area contributed by atoms with Crippen LogP contribution in [0.2, 0.25) is 0 Å². The van der Waals surface area contributed by atoms with Gasteiger partial charge in [0, 0.05) is 18.6 Å². The number of para-hydroxylation sites is 1. The van der Waals surface area contributed by atoms with E-state index in [2.05, 4.69) is 18.3 Å². The van der Waals surface area contributed by atoms with Crippen LogP contribution in [0.3, 0.4) is 0 Å². The van der Waals surface area contributed by atoms with Gasteiger partial charge in [-0.25, -0.2) is 0 Å². The molecule has 0 atom stereocenters. The SMILES string of the molecule is CCCOCCCNCc1cc2cccc(OC)c2o1.